The summed E-state index contributed by atoms with van der Waals surface area (Å²) >= 11 is 0. The Bertz CT molecular complexity index is 1230. The van der Waals surface area contributed by atoms with E-state index in [4.69, 9.17) is 4.98 Å². The number of para-hydroxylation sites is 1. The number of aryl methyl sites for hydroxylation is 1. The summed E-state index contributed by atoms with van der Waals surface area (Å²) in [6.45, 7) is 0.431. The molecular weight excluding hydrogens is 358 g/mol. The van der Waals surface area contributed by atoms with Gasteiger partial charge in [0.25, 0.3) is 17.0 Å². The largest absolute Gasteiger partial charge is 0.329 e. The average Bonchev–Trinajstić information content (AvgIpc) is 2.99. The number of benzene rings is 1. The van der Waals surface area contributed by atoms with Crippen LogP contribution in [0.15, 0.2) is 46.0 Å². The lowest BCUT2D eigenvalue weighted by molar-refractivity contribution is 0.0657. The van der Waals surface area contributed by atoms with Gasteiger partial charge in [0.2, 0.25) is 0 Å². The molecule has 0 spiro atoms. The van der Waals surface area contributed by atoms with E-state index in [0.29, 0.717) is 23.9 Å². The van der Waals surface area contributed by atoms with Gasteiger partial charge >= 0.3 is 0 Å². The molecule has 2 aliphatic heterocycles. The van der Waals surface area contributed by atoms with E-state index in [9.17, 15) is 14.4 Å². The molecule has 5 rings (SSSR count). The highest BCUT2D eigenvalue weighted by atomic mass is 16.2. The van der Waals surface area contributed by atoms with Gasteiger partial charge in [0.1, 0.15) is 11.5 Å². The van der Waals surface area contributed by atoms with Crippen LogP contribution in [-0.2, 0) is 20.0 Å². The summed E-state index contributed by atoms with van der Waals surface area (Å²) in [6, 6.07) is 10.1. The first kappa shape index (κ1) is 16.9. The Hall–Kier alpha value is -3.29. The first-order valence-corrected chi connectivity index (χ1v) is 9.38. The highest BCUT2D eigenvalue weighted by Gasteiger charge is 2.41. The predicted molar refractivity (Wildman–Crippen MR) is 102 cm³/mol. The topological polar surface area (TPSA) is 90.1 Å². The number of hydrogen-bond acceptors (Lipinski definition) is 5. The fourth-order valence-corrected chi connectivity index (χ4v) is 4.40. The summed E-state index contributed by atoms with van der Waals surface area (Å²) in [4.78, 5) is 44.3. The molecule has 2 unspecified atom stereocenters. The third-order valence-electron chi connectivity index (χ3n) is 5.79. The molecular formula is C20H19N5O3. The lowest BCUT2D eigenvalue weighted by Gasteiger charge is -2.27. The molecule has 8 nitrogen and oxygen atoms in total. The Morgan fingerprint density at radius 1 is 1.07 bits per heavy atom. The molecule has 2 bridgehead atoms. The van der Waals surface area contributed by atoms with E-state index in [1.54, 1.807) is 10.6 Å². The molecule has 28 heavy (non-hydrogen) atoms. The van der Waals surface area contributed by atoms with Gasteiger partial charge in [0.05, 0.1) is 16.9 Å². The van der Waals surface area contributed by atoms with Crippen molar-refractivity contribution in [2.75, 3.05) is 0 Å². The Kier molecular flexibility index (Phi) is 3.68. The molecule has 2 atom stereocenters. The van der Waals surface area contributed by atoms with Crippen molar-refractivity contribution in [3.63, 3.8) is 0 Å². The van der Waals surface area contributed by atoms with Crippen LogP contribution in [-0.4, -0.2) is 42.2 Å². The van der Waals surface area contributed by atoms with E-state index in [1.165, 1.54) is 23.9 Å². The first-order valence-electron chi connectivity index (χ1n) is 9.38. The van der Waals surface area contributed by atoms with E-state index in [1.807, 2.05) is 23.1 Å². The third kappa shape index (κ3) is 2.48. The Labute approximate surface area is 160 Å². The van der Waals surface area contributed by atoms with Crippen LogP contribution in [0, 0.1) is 0 Å². The van der Waals surface area contributed by atoms with Gasteiger partial charge in [-0.1, -0.05) is 12.1 Å². The van der Waals surface area contributed by atoms with E-state index in [2.05, 4.69) is 5.10 Å². The number of carbonyl (C=O) groups excluding carboxylic acids is 1. The number of aromatic nitrogens is 4. The van der Waals surface area contributed by atoms with E-state index in [0.717, 1.165) is 18.7 Å². The third-order valence-corrected chi connectivity index (χ3v) is 5.79. The molecule has 0 radical (unpaired) electrons. The molecule has 0 N–H and O–H groups in total. The molecule has 0 aliphatic carbocycles. The lowest BCUT2D eigenvalue weighted by Crippen LogP contribution is -2.43. The van der Waals surface area contributed by atoms with Crippen molar-refractivity contribution in [3.05, 3.63) is 68.6 Å². The number of fused-ring (bicyclic) bond motifs is 4. The zero-order chi connectivity index (χ0) is 19.4. The Morgan fingerprint density at radius 2 is 1.86 bits per heavy atom. The zero-order valence-electron chi connectivity index (χ0n) is 15.4. The monoisotopic (exact) mass is 377 g/mol. The number of hydrogen-bond donors (Lipinski definition) is 0. The van der Waals surface area contributed by atoms with Gasteiger partial charge in [-0.25, -0.2) is 9.67 Å². The number of nitrogens with zero attached hydrogens (tertiary/aromatic N) is 5. The van der Waals surface area contributed by atoms with Gasteiger partial charge in [-0.3, -0.25) is 19.0 Å². The Morgan fingerprint density at radius 3 is 2.68 bits per heavy atom. The fourth-order valence-electron chi connectivity index (χ4n) is 4.40. The van der Waals surface area contributed by atoms with Crippen LogP contribution < -0.4 is 11.1 Å². The van der Waals surface area contributed by atoms with Crippen LogP contribution in [0.3, 0.4) is 0 Å². The molecule has 2 aliphatic rings. The van der Waals surface area contributed by atoms with Crippen molar-refractivity contribution in [3.8, 4) is 0 Å². The van der Waals surface area contributed by atoms with Crippen LogP contribution in [0.4, 0.5) is 0 Å². The van der Waals surface area contributed by atoms with Gasteiger partial charge < -0.3 is 4.90 Å². The molecule has 3 aromatic rings. The summed E-state index contributed by atoms with van der Waals surface area (Å²) in [5.41, 5.74) is 0.621. The second-order valence-corrected chi connectivity index (χ2v) is 7.44. The van der Waals surface area contributed by atoms with Crippen molar-refractivity contribution in [1.82, 2.24) is 24.2 Å². The lowest BCUT2D eigenvalue weighted by atomic mass is 10.1. The summed E-state index contributed by atoms with van der Waals surface area (Å²) in [7, 11) is 1.53. The molecule has 142 valence electrons. The van der Waals surface area contributed by atoms with E-state index >= 15 is 0 Å². The van der Waals surface area contributed by atoms with Crippen LogP contribution >= 0.6 is 0 Å². The maximum atomic E-state index is 13.2. The standard InChI is InChI=1S/C20H19N5O3/c1-23-18(26)9-8-16(22-23)20(28)25-12-6-7-13(25)11-24-17(10-12)21-15-5-3-2-4-14(15)19(24)27/h2-5,8-9,12-13H,6-7,10-11H2,1H3. The van der Waals surface area contributed by atoms with Gasteiger partial charge in [0.15, 0.2) is 0 Å². The van der Waals surface area contributed by atoms with Crippen molar-refractivity contribution in [1.29, 1.82) is 0 Å². The Balaban J connectivity index is 1.57. The molecule has 0 saturated carbocycles. The minimum atomic E-state index is -0.259. The van der Waals surface area contributed by atoms with Crippen molar-refractivity contribution < 1.29 is 4.79 Å². The minimum absolute atomic E-state index is 0.0293. The average molecular weight is 377 g/mol. The molecule has 8 heteroatoms. The normalized spacial score (nSPS) is 20.8. The van der Waals surface area contributed by atoms with Gasteiger partial charge in [-0.15, -0.1) is 0 Å². The SMILES string of the molecule is Cn1nc(C(=O)N2C3CCC2Cn2c(nc4ccccc4c2=O)C3)ccc1=O. The summed E-state index contributed by atoms with van der Waals surface area (Å²) in [5, 5.41) is 4.71. The number of amides is 1. The van der Waals surface area contributed by atoms with Crippen LogP contribution in [0.5, 0.6) is 0 Å². The van der Waals surface area contributed by atoms with Crippen molar-refractivity contribution >= 4 is 16.8 Å². The van der Waals surface area contributed by atoms with Crippen molar-refractivity contribution in [2.24, 2.45) is 7.05 Å². The second-order valence-electron chi connectivity index (χ2n) is 7.44. The van der Waals surface area contributed by atoms with E-state index < -0.39 is 0 Å². The number of rotatable bonds is 1. The summed E-state index contributed by atoms with van der Waals surface area (Å²) in [6.07, 6.45) is 2.24. The maximum absolute atomic E-state index is 13.2. The fraction of sp³-hybridized carbons (Fsp3) is 0.350. The first-order chi connectivity index (χ1) is 13.5. The highest BCUT2D eigenvalue weighted by Crippen LogP contribution is 2.31. The van der Waals surface area contributed by atoms with Crippen LogP contribution in [0.1, 0.15) is 29.2 Å². The van der Waals surface area contributed by atoms with Crippen LogP contribution in [0.2, 0.25) is 0 Å². The van der Waals surface area contributed by atoms with Crippen molar-refractivity contribution in [2.45, 2.75) is 37.9 Å². The zero-order valence-corrected chi connectivity index (χ0v) is 15.4. The van der Waals surface area contributed by atoms with Gasteiger partial charge in [0, 0.05) is 32.1 Å². The number of carbonyl (C=O) groups is 1. The maximum Gasteiger partial charge on any atom is 0.274 e. The molecule has 4 heterocycles. The second kappa shape index (κ2) is 6.12. The smallest absolute Gasteiger partial charge is 0.274 e. The van der Waals surface area contributed by atoms with E-state index in [-0.39, 0.29) is 34.8 Å². The quantitative estimate of drug-likeness (QED) is 0.623. The van der Waals surface area contributed by atoms with Crippen LogP contribution in [0.25, 0.3) is 10.9 Å². The van der Waals surface area contributed by atoms with Gasteiger partial charge in [-0.05, 0) is 31.0 Å². The molecule has 1 aromatic carbocycles. The molecule has 2 aromatic heterocycles. The predicted octanol–water partition coefficient (Wildman–Crippen LogP) is 0.720. The molecule has 1 amide bonds. The minimum Gasteiger partial charge on any atom is -0.329 e. The highest BCUT2D eigenvalue weighted by molar-refractivity contribution is 5.92. The summed E-state index contributed by atoms with van der Waals surface area (Å²) in [5.74, 6) is 0.524. The molecule has 1 fully saturated rings. The molecule has 1 saturated heterocycles. The van der Waals surface area contributed by atoms with Gasteiger partial charge in [-0.2, -0.15) is 5.10 Å². The summed E-state index contributed by atoms with van der Waals surface area (Å²) < 4.78 is 2.89.